The van der Waals surface area contributed by atoms with Crippen molar-refractivity contribution in [3.63, 3.8) is 0 Å². The van der Waals surface area contributed by atoms with Gasteiger partial charge in [0.15, 0.2) is 0 Å². The normalized spacial score (nSPS) is 18.3. The Morgan fingerprint density at radius 2 is 2.21 bits per heavy atom. The fraction of sp³-hybridized carbons (Fsp3) is 0.429. The molecular formula is C14H18N2O3. The van der Waals surface area contributed by atoms with Crippen molar-refractivity contribution in [3.05, 3.63) is 29.8 Å². The molecule has 0 saturated carbocycles. The maximum atomic E-state index is 12.2. The Hall–Kier alpha value is -2.04. The highest BCUT2D eigenvalue weighted by atomic mass is 16.4. The highest BCUT2D eigenvalue weighted by molar-refractivity contribution is 5.91. The lowest BCUT2D eigenvalue weighted by Gasteiger charge is -2.16. The molecule has 1 aromatic carbocycles. The number of para-hydroxylation sites is 1. The average Bonchev–Trinajstić information content (AvgIpc) is 2.81. The van der Waals surface area contributed by atoms with Crippen molar-refractivity contribution in [2.45, 2.75) is 31.7 Å². The smallest absolute Gasteiger partial charge is 0.326 e. The first kappa shape index (κ1) is 13.4. The van der Waals surface area contributed by atoms with Crippen LogP contribution in [0.5, 0.6) is 0 Å². The van der Waals surface area contributed by atoms with Gasteiger partial charge in [0.25, 0.3) is 0 Å². The van der Waals surface area contributed by atoms with E-state index >= 15 is 0 Å². The van der Waals surface area contributed by atoms with Gasteiger partial charge >= 0.3 is 5.97 Å². The largest absolute Gasteiger partial charge is 0.480 e. The maximum Gasteiger partial charge on any atom is 0.326 e. The molecule has 0 saturated heterocycles. The van der Waals surface area contributed by atoms with Gasteiger partial charge in [0.1, 0.15) is 6.04 Å². The number of carbonyl (C=O) groups is 2. The number of carbonyl (C=O) groups excluding carboxylic acids is 1. The van der Waals surface area contributed by atoms with Gasteiger partial charge < -0.3 is 15.7 Å². The summed E-state index contributed by atoms with van der Waals surface area (Å²) < 4.78 is 0. The first-order chi connectivity index (χ1) is 9.13. The summed E-state index contributed by atoms with van der Waals surface area (Å²) in [6.45, 7) is 2.41. The first-order valence-corrected chi connectivity index (χ1v) is 6.49. The predicted octanol–water partition coefficient (Wildman–Crippen LogP) is 1.57. The van der Waals surface area contributed by atoms with E-state index in [2.05, 4.69) is 10.6 Å². The topological polar surface area (TPSA) is 78.4 Å². The third-order valence-corrected chi connectivity index (χ3v) is 3.34. The third kappa shape index (κ3) is 2.86. The van der Waals surface area contributed by atoms with Gasteiger partial charge in [-0.3, -0.25) is 4.79 Å². The molecule has 0 bridgehead atoms. The Kier molecular flexibility index (Phi) is 4.04. The van der Waals surface area contributed by atoms with Crippen molar-refractivity contribution in [2.24, 2.45) is 0 Å². The lowest BCUT2D eigenvalue weighted by molar-refractivity contribution is -0.142. The summed E-state index contributed by atoms with van der Waals surface area (Å²) in [6, 6.07) is 6.81. The van der Waals surface area contributed by atoms with Crippen LogP contribution < -0.4 is 10.6 Å². The number of carboxylic acid groups (broad SMARTS) is 1. The Labute approximate surface area is 112 Å². The van der Waals surface area contributed by atoms with Crippen molar-refractivity contribution < 1.29 is 14.7 Å². The number of nitrogens with one attached hydrogen (secondary N) is 2. The molecule has 1 heterocycles. The molecule has 19 heavy (non-hydrogen) atoms. The molecule has 0 aromatic heterocycles. The fourth-order valence-corrected chi connectivity index (χ4v) is 2.34. The highest BCUT2D eigenvalue weighted by Gasteiger charge is 2.30. The van der Waals surface area contributed by atoms with Gasteiger partial charge in [-0.1, -0.05) is 31.5 Å². The summed E-state index contributed by atoms with van der Waals surface area (Å²) in [4.78, 5) is 23.2. The molecule has 102 valence electrons. The number of carboxylic acids is 1. The minimum absolute atomic E-state index is 0.224. The van der Waals surface area contributed by atoms with Gasteiger partial charge in [0.05, 0.1) is 5.92 Å². The molecule has 1 aliphatic heterocycles. The second-order valence-electron chi connectivity index (χ2n) is 4.71. The van der Waals surface area contributed by atoms with Crippen LogP contribution in [0.1, 0.15) is 31.2 Å². The van der Waals surface area contributed by atoms with Crippen LogP contribution >= 0.6 is 0 Å². The van der Waals surface area contributed by atoms with E-state index in [1.54, 1.807) is 0 Å². The average molecular weight is 262 g/mol. The zero-order valence-corrected chi connectivity index (χ0v) is 10.8. The lowest BCUT2D eigenvalue weighted by atomic mass is 10.00. The minimum atomic E-state index is -0.977. The van der Waals surface area contributed by atoms with E-state index in [1.807, 2.05) is 31.2 Å². The number of benzene rings is 1. The van der Waals surface area contributed by atoms with Crippen LogP contribution in [0.25, 0.3) is 0 Å². The number of anilines is 1. The molecule has 0 fully saturated rings. The van der Waals surface area contributed by atoms with Crippen molar-refractivity contribution in [3.8, 4) is 0 Å². The molecule has 1 aromatic rings. The number of aliphatic carboxylic acids is 1. The number of fused-ring (bicyclic) bond motifs is 1. The van der Waals surface area contributed by atoms with Gasteiger partial charge in [0.2, 0.25) is 5.91 Å². The third-order valence-electron chi connectivity index (χ3n) is 3.34. The standard InChI is InChI=1S/C14H18N2O3/c1-2-5-12(14(18)19)16-13(17)10-8-15-11-7-4-3-6-9(10)11/h3-4,6-7,10,12,15H,2,5,8H2,1H3,(H,16,17)(H,18,19)/t10?,12-/m1/s1. The molecule has 5 heteroatoms. The van der Waals surface area contributed by atoms with Crippen LogP contribution in [-0.2, 0) is 9.59 Å². The van der Waals surface area contributed by atoms with E-state index in [-0.39, 0.29) is 11.8 Å². The summed E-state index contributed by atoms with van der Waals surface area (Å²) in [5.41, 5.74) is 1.88. The van der Waals surface area contributed by atoms with E-state index in [4.69, 9.17) is 5.11 Å². The molecule has 1 aliphatic rings. The van der Waals surface area contributed by atoms with E-state index in [0.717, 1.165) is 17.7 Å². The van der Waals surface area contributed by atoms with Crippen molar-refractivity contribution in [1.82, 2.24) is 5.32 Å². The Morgan fingerprint density at radius 1 is 1.47 bits per heavy atom. The van der Waals surface area contributed by atoms with E-state index in [0.29, 0.717) is 13.0 Å². The quantitative estimate of drug-likeness (QED) is 0.752. The van der Waals surface area contributed by atoms with E-state index < -0.39 is 12.0 Å². The van der Waals surface area contributed by atoms with Crippen LogP contribution in [0.3, 0.4) is 0 Å². The second-order valence-corrected chi connectivity index (χ2v) is 4.71. The van der Waals surface area contributed by atoms with Crippen molar-refractivity contribution in [1.29, 1.82) is 0 Å². The zero-order valence-electron chi connectivity index (χ0n) is 10.8. The van der Waals surface area contributed by atoms with Gasteiger partial charge in [-0.05, 0) is 18.1 Å². The van der Waals surface area contributed by atoms with Crippen LogP contribution in [-0.4, -0.2) is 29.6 Å². The fourth-order valence-electron chi connectivity index (χ4n) is 2.34. The second kappa shape index (κ2) is 5.73. The molecule has 3 N–H and O–H groups in total. The summed E-state index contributed by atoms with van der Waals surface area (Å²) in [5.74, 6) is -1.51. The van der Waals surface area contributed by atoms with Crippen LogP contribution in [0.2, 0.25) is 0 Å². The molecule has 2 atom stereocenters. The van der Waals surface area contributed by atoms with Gasteiger partial charge in [-0.15, -0.1) is 0 Å². The number of hydrogen-bond donors (Lipinski definition) is 3. The summed E-state index contributed by atoms with van der Waals surface area (Å²) >= 11 is 0. The molecule has 0 aliphatic carbocycles. The van der Waals surface area contributed by atoms with Crippen LogP contribution in [0.4, 0.5) is 5.69 Å². The summed E-state index contributed by atoms with van der Waals surface area (Å²) in [5, 5.41) is 14.8. The molecule has 2 rings (SSSR count). The monoisotopic (exact) mass is 262 g/mol. The van der Waals surface area contributed by atoms with Crippen LogP contribution in [0.15, 0.2) is 24.3 Å². The highest BCUT2D eigenvalue weighted by Crippen LogP contribution is 2.31. The van der Waals surface area contributed by atoms with E-state index in [1.165, 1.54) is 0 Å². The molecule has 5 nitrogen and oxygen atoms in total. The molecular weight excluding hydrogens is 244 g/mol. The predicted molar refractivity (Wildman–Crippen MR) is 72.1 cm³/mol. The Balaban J connectivity index is 2.07. The Bertz CT molecular complexity index is 487. The number of hydrogen-bond acceptors (Lipinski definition) is 3. The summed E-state index contributed by atoms with van der Waals surface area (Å²) in [7, 11) is 0. The zero-order chi connectivity index (χ0) is 13.8. The maximum absolute atomic E-state index is 12.2. The SMILES string of the molecule is CCC[C@@H](NC(=O)C1CNc2ccccc21)C(=O)O. The molecule has 1 unspecified atom stereocenters. The molecule has 1 amide bonds. The molecule has 0 spiro atoms. The van der Waals surface area contributed by atoms with Crippen molar-refractivity contribution >= 4 is 17.6 Å². The van der Waals surface area contributed by atoms with Gasteiger partial charge in [-0.2, -0.15) is 0 Å². The molecule has 0 radical (unpaired) electrons. The van der Waals surface area contributed by atoms with Gasteiger partial charge in [0, 0.05) is 12.2 Å². The number of amides is 1. The lowest BCUT2D eigenvalue weighted by Crippen LogP contribution is -2.43. The Morgan fingerprint density at radius 3 is 2.89 bits per heavy atom. The minimum Gasteiger partial charge on any atom is -0.480 e. The van der Waals surface area contributed by atoms with Crippen LogP contribution in [0, 0.1) is 0 Å². The number of rotatable bonds is 5. The van der Waals surface area contributed by atoms with E-state index in [9.17, 15) is 9.59 Å². The van der Waals surface area contributed by atoms with Crippen molar-refractivity contribution in [2.75, 3.05) is 11.9 Å². The summed E-state index contributed by atoms with van der Waals surface area (Å²) in [6.07, 6.45) is 1.17. The first-order valence-electron chi connectivity index (χ1n) is 6.49. The van der Waals surface area contributed by atoms with Gasteiger partial charge in [-0.25, -0.2) is 4.79 Å².